The van der Waals surface area contributed by atoms with Gasteiger partial charge in [0.2, 0.25) is 5.91 Å². The average molecular weight is 196 g/mol. The van der Waals surface area contributed by atoms with Crippen LogP contribution in [0.4, 0.5) is 10.1 Å². The molecule has 0 bridgehead atoms. The topological polar surface area (TPSA) is 41.1 Å². The van der Waals surface area contributed by atoms with Gasteiger partial charge in [-0.25, -0.2) is 4.39 Å². The first-order valence-corrected chi connectivity index (χ1v) is 4.37. The molecule has 1 aromatic rings. The molecule has 1 unspecified atom stereocenters. The number of likely N-dealkylation sites (N-methyl/N-ethyl adjacent to an activating group) is 1. The Morgan fingerprint density at radius 2 is 1.93 bits per heavy atom. The number of anilines is 1. The van der Waals surface area contributed by atoms with Gasteiger partial charge in [-0.3, -0.25) is 4.79 Å². The van der Waals surface area contributed by atoms with Gasteiger partial charge in [0.1, 0.15) is 5.82 Å². The minimum absolute atomic E-state index is 0.140. The van der Waals surface area contributed by atoms with Crippen molar-refractivity contribution in [3.8, 4) is 0 Å². The highest BCUT2D eigenvalue weighted by Gasteiger charge is 2.09. The van der Waals surface area contributed by atoms with Crippen LogP contribution in [0.1, 0.15) is 6.92 Å². The van der Waals surface area contributed by atoms with Crippen LogP contribution in [0, 0.1) is 5.82 Å². The van der Waals surface area contributed by atoms with Crippen LogP contribution in [0.3, 0.4) is 0 Å². The lowest BCUT2D eigenvalue weighted by Gasteiger charge is -2.10. The van der Waals surface area contributed by atoms with Crippen molar-refractivity contribution in [3.63, 3.8) is 0 Å². The largest absolute Gasteiger partial charge is 0.325 e. The van der Waals surface area contributed by atoms with Crippen LogP contribution in [0.15, 0.2) is 24.3 Å². The Balaban J connectivity index is 2.60. The number of carbonyl (C=O) groups is 1. The van der Waals surface area contributed by atoms with E-state index in [0.29, 0.717) is 5.69 Å². The minimum Gasteiger partial charge on any atom is -0.325 e. The third-order valence-electron chi connectivity index (χ3n) is 1.94. The lowest BCUT2D eigenvalue weighted by Crippen LogP contribution is -2.35. The lowest BCUT2D eigenvalue weighted by atomic mass is 10.2. The van der Waals surface area contributed by atoms with E-state index in [0.717, 1.165) is 0 Å². The first-order valence-electron chi connectivity index (χ1n) is 4.37. The number of halogens is 1. The van der Waals surface area contributed by atoms with E-state index >= 15 is 0 Å². The van der Waals surface area contributed by atoms with Crippen molar-refractivity contribution in [1.29, 1.82) is 0 Å². The summed E-state index contributed by atoms with van der Waals surface area (Å²) < 4.78 is 12.5. The molecule has 0 spiro atoms. The highest BCUT2D eigenvalue weighted by atomic mass is 19.1. The van der Waals surface area contributed by atoms with Gasteiger partial charge >= 0.3 is 0 Å². The first kappa shape index (κ1) is 10.7. The van der Waals surface area contributed by atoms with Gasteiger partial charge in [-0.15, -0.1) is 0 Å². The molecule has 0 fully saturated rings. The van der Waals surface area contributed by atoms with E-state index in [1.54, 1.807) is 14.0 Å². The summed E-state index contributed by atoms with van der Waals surface area (Å²) in [5, 5.41) is 5.46. The Kier molecular flexibility index (Phi) is 3.59. The van der Waals surface area contributed by atoms with Crippen molar-refractivity contribution in [3.05, 3.63) is 30.1 Å². The average Bonchev–Trinajstić information content (AvgIpc) is 2.20. The lowest BCUT2D eigenvalue weighted by molar-refractivity contribution is -0.117. The Bertz CT molecular complexity index is 310. The van der Waals surface area contributed by atoms with Crippen molar-refractivity contribution in [2.24, 2.45) is 0 Å². The summed E-state index contributed by atoms with van der Waals surface area (Å²) in [6.07, 6.45) is 0. The van der Waals surface area contributed by atoms with E-state index in [9.17, 15) is 9.18 Å². The number of carbonyl (C=O) groups excluding carboxylic acids is 1. The molecule has 0 heterocycles. The minimum atomic E-state index is -0.315. The van der Waals surface area contributed by atoms with Crippen molar-refractivity contribution in [1.82, 2.24) is 5.32 Å². The van der Waals surface area contributed by atoms with Crippen molar-refractivity contribution < 1.29 is 9.18 Å². The Labute approximate surface area is 82.3 Å². The van der Waals surface area contributed by atoms with E-state index in [1.807, 2.05) is 0 Å². The first-order chi connectivity index (χ1) is 6.63. The van der Waals surface area contributed by atoms with Gasteiger partial charge in [-0.2, -0.15) is 0 Å². The Morgan fingerprint density at radius 3 is 2.43 bits per heavy atom. The zero-order valence-corrected chi connectivity index (χ0v) is 8.17. The van der Waals surface area contributed by atoms with Crippen LogP contribution in [0.5, 0.6) is 0 Å². The number of hydrogen-bond acceptors (Lipinski definition) is 2. The molecule has 0 aromatic heterocycles. The van der Waals surface area contributed by atoms with Crippen LogP contribution in [0.2, 0.25) is 0 Å². The van der Waals surface area contributed by atoms with Gasteiger partial charge in [-0.1, -0.05) is 0 Å². The maximum Gasteiger partial charge on any atom is 0.241 e. The van der Waals surface area contributed by atoms with Crippen LogP contribution < -0.4 is 10.6 Å². The second-order valence-corrected chi connectivity index (χ2v) is 3.01. The Hall–Kier alpha value is -1.42. The normalized spacial score (nSPS) is 12.2. The summed E-state index contributed by atoms with van der Waals surface area (Å²) in [5.74, 6) is -0.455. The fourth-order valence-corrected chi connectivity index (χ4v) is 0.915. The number of amides is 1. The van der Waals surface area contributed by atoms with E-state index in [4.69, 9.17) is 0 Å². The fourth-order valence-electron chi connectivity index (χ4n) is 0.915. The molecular weight excluding hydrogens is 183 g/mol. The van der Waals surface area contributed by atoms with Crippen molar-refractivity contribution >= 4 is 11.6 Å². The maximum atomic E-state index is 12.5. The highest BCUT2D eigenvalue weighted by Crippen LogP contribution is 2.08. The summed E-state index contributed by atoms with van der Waals surface area (Å²) >= 11 is 0. The molecule has 0 aliphatic rings. The summed E-state index contributed by atoms with van der Waals surface area (Å²) in [6.45, 7) is 1.75. The smallest absolute Gasteiger partial charge is 0.241 e. The zero-order chi connectivity index (χ0) is 10.6. The molecule has 2 N–H and O–H groups in total. The number of hydrogen-bond donors (Lipinski definition) is 2. The van der Waals surface area contributed by atoms with Gasteiger partial charge in [0, 0.05) is 5.69 Å². The van der Waals surface area contributed by atoms with Gasteiger partial charge in [0.15, 0.2) is 0 Å². The van der Waals surface area contributed by atoms with Gasteiger partial charge in [-0.05, 0) is 38.2 Å². The van der Waals surface area contributed by atoms with E-state index in [1.165, 1.54) is 24.3 Å². The van der Waals surface area contributed by atoms with Crippen LogP contribution >= 0.6 is 0 Å². The van der Waals surface area contributed by atoms with Crippen molar-refractivity contribution in [2.75, 3.05) is 12.4 Å². The third kappa shape index (κ3) is 2.81. The predicted molar refractivity (Wildman–Crippen MR) is 53.6 cm³/mol. The van der Waals surface area contributed by atoms with Crippen LogP contribution in [-0.4, -0.2) is 19.0 Å². The predicted octanol–water partition coefficient (Wildman–Crippen LogP) is 1.37. The zero-order valence-electron chi connectivity index (χ0n) is 8.17. The SMILES string of the molecule is CNC(C)C(=O)Nc1ccc(F)cc1. The van der Waals surface area contributed by atoms with Crippen molar-refractivity contribution in [2.45, 2.75) is 13.0 Å². The molecular formula is C10H13FN2O. The molecule has 0 saturated heterocycles. The molecule has 0 aliphatic heterocycles. The molecule has 1 rings (SSSR count). The molecule has 1 atom stereocenters. The third-order valence-corrected chi connectivity index (χ3v) is 1.94. The van der Waals surface area contributed by atoms with Gasteiger partial charge in [0.05, 0.1) is 6.04 Å². The van der Waals surface area contributed by atoms with Crippen LogP contribution in [0.25, 0.3) is 0 Å². The van der Waals surface area contributed by atoms with E-state index in [-0.39, 0.29) is 17.8 Å². The fraction of sp³-hybridized carbons (Fsp3) is 0.300. The standard InChI is InChI=1S/C10H13FN2O/c1-7(12-2)10(14)13-9-5-3-8(11)4-6-9/h3-7,12H,1-2H3,(H,13,14). The summed E-state index contributed by atoms with van der Waals surface area (Å²) in [6, 6.07) is 5.39. The monoisotopic (exact) mass is 196 g/mol. The number of nitrogens with one attached hydrogen (secondary N) is 2. The van der Waals surface area contributed by atoms with Gasteiger partial charge < -0.3 is 10.6 Å². The van der Waals surface area contributed by atoms with Gasteiger partial charge in [0.25, 0.3) is 0 Å². The van der Waals surface area contributed by atoms with E-state index < -0.39 is 0 Å². The molecule has 14 heavy (non-hydrogen) atoms. The summed E-state index contributed by atoms with van der Waals surface area (Å²) in [5.41, 5.74) is 0.596. The molecule has 0 saturated carbocycles. The molecule has 0 aliphatic carbocycles. The molecule has 1 aromatic carbocycles. The molecule has 4 heteroatoms. The summed E-state index contributed by atoms with van der Waals surface area (Å²) in [4.78, 5) is 11.4. The molecule has 76 valence electrons. The quantitative estimate of drug-likeness (QED) is 0.766. The number of benzene rings is 1. The maximum absolute atomic E-state index is 12.5. The Morgan fingerprint density at radius 1 is 1.36 bits per heavy atom. The molecule has 3 nitrogen and oxygen atoms in total. The van der Waals surface area contributed by atoms with E-state index in [2.05, 4.69) is 10.6 Å². The molecule has 0 radical (unpaired) electrons. The second-order valence-electron chi connectivity index (χ2n) is 3.01. The highest BCUT2D eigenvalue weighted by molar-refractivity contribution is 5.94. The summed E-state index contributed by atoms with van der Waals surface area (Å²) in [7, 11) is 1.70. The number of rotatable bonds is 3. The second kappa shape index (κ2) is 4.72. The molecule has 1 amide bonds. The van der Waals surface area contributed by atoms with Crippen LogP contribution in [-0.2, 0) is 4.79 Å².